The molecule has 11 heteroatoms. The van der Waals surface area contributed by atoms with E-state index < -0.39 is 0 Å². The average Bonchev–Trinajstić information content (AvgIpc) is 3.39. The normalized spacial score (nSPS) is 13.3. The standard InChI is InChI=1S/C29H33N5O4S2/c1-6-25(35)33-11-13-34(14-12-33)28(37)22-16-24(19(2)15-23(22)38-5)39-26-17-30-29(40-26)31-27(36)21-9-7-20(8-10-21)18-32(3)4/h6-10,15-17H,1,11-14,18H2,2-5H3,(H,30,31,36). The first-order valence-electron chi connectivity index (χ1n) is 12.8. The van der Waals surface area contributed by atoms with Crippen LogP contribution in [0.3, 0.4) is 0 Å². The number of benzene rings is 2. The molecule has 0 bridgehead atoms. The van der Waals surface area contributed by atoms with E-state index in [9.17, 15) is 14.4 Å². The zero-order valence-electron chi connectivity index (χ0n) is 23.1. The van der Waals surface area contributed by atoms with E-state index in [0.29, 0.717) is 48.2 Å². The van der Waals surface area contributed by atoms with Gasteiger partial charge in [-0.25, -0.2) is 4.98 Å². The van der Waals surface area contributed by atoms with Gasteiger partial charge in [0.1, 0.15) is 5.75 Å². The number of anilines is 1. The molecule has 2 heterocycles. The van der Waals surface area contributed by atoms with Crippen LogP contribution in [0.25, 0.3) is 0 Å². The zero-order chi connectivity index (χ0) is 28.8. The SMILES string of the molecule is C=CC(=O)N1CCN(C(=O)c2cc(Sc3cnc(NC(=O)c4ccc(CN(C)C)cc4)s3)c(C)cc2OC)CC1. The minimum atomic E-state index is -0.217. The molecule has 1 saturated heterocycles. The smallest absolute Gasteiger partial charge is 0.257 e. The Kier molecular flexibility index (Phi) is 9.62. The van der Waals surface area contributed by atoms with Crippen LogP contribution in [0.4, 0.5) is 5.13 Å². The molecule has 1 aliphatic heterocycles. The third-order valence-corrected chi connectivity index (χ3v) is 8.58. The molecule has 0 spiro atoms. The van der Waals surface area contributed by atoms with Gasteiger partial charge >= 0.3 is 0 Å². The quantitative estimate of drug-likeness (QED) is 0.376. The highest BCUT2D eigenvalue weighted by molar-refractivity contribution is 8.01. The van der Waals surface area contributed by atoms with Crippen molar-refractivity contribution in [2.75, 3.05) is 52.7 Å². The number of aryl methyl sites for hydroxylation is 1. The summed E-state index contributed by atoms with van der Waals surface area (Å²) in [6.45, 7) is 8.10. The van der Waals surface area contributed by atoms with Gasteiger partial charge < -0.3 is 19.4 Å². The number of hydrogen-bond acceptors (Lipinski definition) is 8. The molecule has 0 saturated carbocycles. The molecule has 0 aliphatic carbocycles. The van der Waals surface area contributed by atoms with Crippen molar-refractivity contribution < 1.29 is 19.1 Å². The second kappa shape index (κ2) is 13.1. The molecule has 4 rings (SSSR count). The van der Waals surface area contributed by atoms with Crippen LogP contribution in [0, 0.1) is 6.92 Å². The van der Waals surface area contributed by atoms with E-state index in [1.165, 1.54) is 29.2 Å². The highest BCUT2D eigenvalue weighted by Gasteiger charge is 2.26. The summed E-state index contributed by atoms with van der Waals surface area (Å²) in [7, 11) is 5.55. The number of nitrogens with one attached hydrogen (secondary N) is 1. The van der Waals surface area contributed by atoms with Gasteiger partial charge in [-0.2, -0.15) is 0 Å². The number of thiazole rings is 1. The second-order valence-corrected chi connectivity index (χ2v) is 12.0. The molecule has 0 radical (unpaired) electrons. The van der Waals surface area contributed by atoms with Crippen LogP contribution >= 0.6 is 23.1 Å². The molecule has 40 heavy (non-hydrogen) atoms. The molecule has 1 aromatic heterocycles. The zero-order valence-corrected chi connectivity index (χ0v) is 24.7. The fourth-order valence-corrected chi connectivity index (χ4v) is 6.24. The minimum Gasteiger partial charge on any atom is -0.496 e. The van der Waals surface area contributed by atoms with E-state index in [1.807, 2.05) is 57.4 Å². The lowest BCUT2D eigenvalue weighted by Gasteiger charge is -2.34. The number of ether oxygens (including phenoxy) is 1. The van der Waals surface area contributed by atoms with Crippen molar-refractivity contribution in [1.82, 2.24) is 19.7 Å². The number of carbonyl (C=O) groups excluding carboxylic acids is 3. The Morgan fingerprint density at radius 1 is 1.12 bits per heavy atom. The van der Waals surface area contributed by atoms with E-state index in [4.69, 9.17) is 4.74 Å². The lowest BCUT2D eigenvalue weighted by atomic mass is 10.1. The summed E-state index contributed by atoms with van der Waals surface area (Å²) in [6.07, 6.45) is 3.01. The molecular formula is C29H33N5O4S2. The lowest BCUT2D eigenvalue weighted by molar-refractivity contribution is -0.127. The molecule has 0 atom stereocenters. The van der Waals surface area contributed by atoms with Gasteiger partial charge in [-0.1, -0.05) is 41.8 Å². The molecule has 9 nitrogen and oxygen atoms in total. The summed E-state index contributed by atoms with van der Waals surface area (Å²) in [6, 6.07) is 11.2. The van der Waals surface area contributed by atoms with Crippen LogP contribution in [0.1, 0.15) is 31.8 Å². The first kappa shape index (κ1) is 29.3. The molecule has 210 valence electrons. The van der Waals surface area contributed by atoms with E-state index in [-0.39, 0.29) is 17.7 Å². The van der Waals surface area contributed by atoms with Crippen LogP contribution in [-0.2, 0) is 11.3 Å². The fraction of sp³-hybridized carbons (Fsp3) is 0.310. The van der Waals surface area contributed by atoms with Gasteiger partial charge in [-0.15, -0.1) is 0 Å². The summed E-state index contributed by atoms with van der Waals surface area (Å²) in [5.41, 5.74) is 3.12. The lowest BCUT2D eigenvalue weighted by Crippen LogP contribution is -2.50. The highest BCUT2D eigenvalue weighted by Crippen LogP contribution is 2.38. The average molecular weight is 580 g/mol. The molecule has 1 fully saturated rings. The number of hydrogen-bond donors (Lipinski definition) is 1. The summed E-state index contributed by atoms with van der Waals surface area (Å²) in [4.78, 5) is 48.8. The molecule has 3 aromatic rings. The molecule has 0 unspecified atom stereocenters. The summed E-state index contributed by atoms with van der Waals surface area (Å²) in [5.74, 6) is 0.0194. The fourth-order valence-electron chi connectivity index (χ4n) is 4.31. The Labute approximate surface area is 242 Å². The maximum atomic E-state index is 13.4. The van der Waals surface area contributed by atoms with Gasteiger partial charge in [0.25, 0.3) is 11.8 Å². The van der Waals surface area contributed by atoms with E-state index in [1.54, 1.807) is 23.1 Å². The van der Waals surface area contributed by atoms with E-state index >= 15 is 0 Å². The van der Waals surface area contributed by atoms with Crippen molar-refractivity contribution in [3.8, 4) is 5.75 Å². The van der Waals surface area contributed by atoms with Crippen molar-refractivity contribution in [3.63, 3.8) is 0 Å². The number of aromatic nitrogens is 1. The van der Waals surface area contributed by atoms with Gasteiger partial charge in [0, 0.05) is 43.2 Å². The third-order valence-electron chi connectivity index (χ3n) is 6.41. The topological polar surface area (TPSA) is 95.1 Å². The Morgan fingerprint density at radius 3 is 2.42 bits per heavy atom. The minimum absolute atomic E-state index is 0.128. The first-order valence-corrected chi connectivity index (χ1v) is 14.4. The monoisotopic (exact) mass is 579 g/mol. The maximum Gasteiger partial charge on any atom is 0.257 e. The molecule has 3 amide bonds. The van der Waals surface area contributed by atoms with Crippen LogP contribution in [0.15, 0.2) is 64.4 Å². The van der Waals surface area contributed by atoms with Crippen LogP contribution in [0.2, 0.25) is 0 Å². The number of rotatable bonds is 9. The second-order valence-electron chi connectivity index (χ2n) is 9.61. The Bertz CT molecular complexity index is 1400. The number of nitrogens with zero attached hydrogens (tertiary/aromatic N) is 4. The predicted molar refractivity (Wildman–Crippen MR) is 158 cm³/mol. The van der Waals surface area contributed by atoms with Crippen molar-refractivity contribution in [1.29, 1.82) is 0 Å². The number of amides is 3. The largest absolute Gasteiger partial charge is 0.496 e. The van der Waals surface area contributed by atoms with Gasteiger partial charge in [0.2, 0.25) is 5.91 Å². The Morgan fingerprint density at radius 2 is 1.80 bits per heavy atom. The van der Waals surface area contributed by atoms with Gasteiger partial charge in [-0.3, -0.25) is 19.7 Å². The molecule has 2 aromatic carbocycles. The highest BCUT2D eigenvalue weighted by atomic mass is 32.2. The Hall–Kier alpha value is -3.67. The molecular weight excluding hydrogens is 546 g/mol. The van der Waals surface area contributed by atoms with Crippen molar-refractivity contribution in [2.45, 2.75) is 22.6 Å². The van der Waals surface area contributed by atoms with Crippen LogP contribution in [0.5, 0.6) is 5.75 Å². The van der Waals surface area contributed by atoms with Crippen molar-refractivity contribution >= 4 is 46.0 Å². The van der Waals surface area contributed by atoms with E-state index in [2.05, 4.69) is 21.8 Å². The van der Waals surface area contributed by atoms with Gasteiger partial charge in [0.05, 0.1) is 23.1 Å². The predicted octanol–water partition coefficient (Wildman–Crippen LogP) is 4.40. The third kappa shape index (κ3) is 7.09. The summed E-state index contributed by atoms with van der Waals surface area (Å²) < 4.78 is 6.42. The van der Waals surface area contributed by atoms with Gasteiger partial charge in [-0.05, 0) is 62.5 Å². The van der Waals surface area contributed by atoms with Crippen LogP contribution < -0.4 is 10.1 Å². The summed E-state index contributed by atoms with van der Waals surface area (Å²) >= 11 is 2.85. The Balaban J connectivity index is 1.44. The van der Waals surface area contributed by atoms with Gasteiger partial charge in [0.15, 0.2) is 5.13 Å². The number of carbonyl (C=O) groups is 3. The molecule has 1 N–H and O–H groups in total. The van der Waals surface area contributed by atoms with Crippen molar-refractivity contribution in [2.24, 2.45) is 0 Å². The number of piperazine rings is 1. The molecule has 1 aliphatic rings. The maximum absolute atomic E-state index is 13.4. The van der Waals surface area contributed by atoms with E-state index in [0.717, 1.165) is 26.8 Å². The van der Waals surface area contributed by atoms with Crippen LogP contribution in [-0.4, -0.2) is 84.8 Å². The first-order chi connectivity index (χ1) is 19.2. The van der Waals surface area contributed by atoms with Crippen molar-refractivity contribution in [3.05, 3.63) is 77.5 Å². The number of methoxy groups -OCH3 is 1. The summed E-state index contributed by atoms with van der Waals surface area (Å²) in [5, 5.41) is 3.37.